The molecule has 1 aliphatic rings. The number of carbonyl (C=O) groups is 1. The van der Waals surface area contributed by atoms with Gasteiger partial charge in [0.2, 0.25) is 0 Å². The fourth-order valence-electron chi connectivity index (χ4n) is 1.96. The first-order valence-electron chi connectivity index (χ1n) is 5.69. The number of aromatic nitrogens is 2. The number of hydrogen-bond donors (Lipinski definition) is 2. The summed E-state index contributed by atoms with van der Waals surface area (Å²) in [6.07, 6.45) is 3.25. The number of carbonyl (C=O) groups excluding carboxylic acids is 1. The topological polar surface area (TPSA) is 82.2 Å². The Hall–Kier alpha value is -1.56. The summed E-state index contributed by atoms with van der Waals surface area (Å²) in [4.78, 5) is 12.0. The van der Waals surface area contributed by atoms with Crippen LogP contribution in [0.5, 0.6) is 0 Å². The molecule has 1 amide bonds. The summed E-state index contributed by atoms with van der Waals surface area (Å²) >= 11 is 0. The molecule has 94 valence electrons. The van der Waals surface area contributed by atoms with Gasteiger partial charge in [0.05, 0.1) is 5.69 Å². The molecule has 1 aliphatic heterocycles. The zero-order valence-electron chi connectivity index (χ0n) is 10.2. The molecular formula is C11H18N4O2. The summed E-state index contributed by atoms with van der Waals surface area (Å²) in [6, 6.07) is 0. The van der Waals surface area contributed by atoms with Crippen LogP contribution in [0.25, 0.3) is 0 Å². The predicted octanol–water partition coefficient (Wildman–Crippen LogP) is 0.301. The van der Waals surface area contributed by atoms with Crippen LogP contribution in [-0.2, 0) is 11.8 Å². The minimum absolute atomic E-state index is 0.215. The van der Waals surface area contributed by atoms with Crippen LogP contribution in [0, 0.1) is 0 Å². The number of nitrogens with zero attached hydrogens (tertiary/aromatic N) is 2. The number of nitrogens with one attached hydrogen (secondary N) is 1. The molecule has 6 heteroatoms. The van der Waals surface area contributed by atoms with Crippen molar-refractivity contribution in [1.82, 2.24) is 15.1 Å². The molecule has 3 N–H and O–H groups in total. The van der Waals surface area contributed by atoms with Crippen LogP contribution in [0.4, 0.5) is 5.69 Å². The van der Waals surface area contributed by atoms with Crippen molar-refractivity contribution in [2.45, 2.75) is 25.3 Å². The van der Waals surface area contributed by atoms with Gasteiger partial charge in [-0.25, -0.2) is 0 Å². The molecule has 0 atom stereocenters. The lowest BCUT2D eigenvalue weighted by atomic mass is 9.92. The fraction of sp³-hybridized carbons (Fsp3) is 0.636. The number of hydrogen-bond acceptors (Lipinski definition) is 4. The molecule has 0 unspecified atom stereocenters. The molecule has 1 saturated heterocycles. The van der Waals surface area contributed by atoms with E-state index in [4.69, 9.17) is 10.5 Å². The lowest BCUT2D eigenvalue weighted by molar-refractivity contribution is 0.0421. The Balaban J connectivity index is 2.08. The van der Waals surface area contributed by atoms with Gasteiger partial charge in [-0.15, -0.1) is 0 Å². The third kappa shape index (κ3) is 2.58. The highest BCUT2D eigenvalue weighted by molar-refractivity contribution is 5.97. The predicted molar refractivity (Wildman–Crippen MR) is 63.5 cm³/mol. The van der Waals surface area contributed by atoms with Gasteiger partial charge >= 0.3 is 0 Å². The van der Waals surface area contributed by atoms with Crippen molar-refractivity contribution in [3.8, 4) is 0 Å². The summed E-state index contributed by atoms with van der Waals surface area (Å²) in [5, 5.41) is 7.05. The van der Waals surface area contributed by atoms with Crippen molar-refractivity contribution in [2.24, 2.45) is 7.05 Å². The molecule has 17 heavy (non-hydrogen) atoms. The van der Waals surface area contributed by atoms with E-state index in [-0.39, 0.29) is 11.4 Å². The van der Waals surface area contributed by atoms with Gasteiger partial charge in [0.15, 0.2) is 5.69 Å². The summed E-state index contributed by atoms with van der Waals surface area (Å²) in [6.45, 7) is 3.37. The van der Waals surface area contributed by atoms with Gasteiger partial charge in [0.25, 0.3) is 5.91 Å². The van der Waals surface area contributed by atoms with Gasteiger partial charge in [0.1, 0.15) is 0 Å². The molecule has 0 saturated carbocycles. The second-order valence-corrected chi connectivity index (χ2v) is 4.73. The summed E-state index contributed by atoms with van der Waals surface area (Å²) in [5.41, 5.74) is 6.19. The molecule has 0 aromatic carbocycles. The van der Waals surface area contributed by atoms with E-state index in [1.54, 1.807) is 13.2 Å². The fourth-order valence-corrected chi connectivity index (χ4v) is 1.96. The number of aryl methyl sites for hydroxylation is 1. The molecular weight excluding hydrogens is 220 g/mol. The first kappa shape index (κ1) is 11.9. The van der Waals surface area contributed by atoms with Gasteiger partial charge in [-0.2, -0.15) is 5.10 Å². The van der Waals surface area contributed by atoms with Crippen molar-refractivity contribution < 1.29 is 9.53 Å². The quantitative estimate of drug-likeness (QED) is 0.776. The van der Waals surface area contributed by atoms with E-state index in [0.29, 0.717) is 24.6 Å². The number of anilines is 1. The monoisotopic (exact) mass is 238 g/mol. The number of ether oxygens (including phenoxy) is 1. The Bertz CT molecular complexity index is 421. The average molecular weight is 238 g/mol. The SMILES string of the molecule is Cn1cc(N)c(C(=O)NC2(C)CCOCC2)n1. The third-order valence-corrected chi connectivity index (χ3v) is 3.08. The summed E-state index contributed by atoms with van der Waals surface area (Å²) in [5.74, 6) is -0.215. The molecule has 0 aliphatic carbocycles. The maximum atomic E-state index is 12.0. The molecule has 1 aromatic heterocycles. The van der Waals surface area contributed by atoms with Gasteiger partial charge in [-0.05, 0) is 19.8 Å². The van der Waals surface area contributed by atoms with Crippen molar-refractivity contribution >= 4 is 11.6 Å². The minimum atomic E-state index is -0.223. The second kappa shape index (κ2) is 4.37. The first-order chi connectivity index (χ1) is 8.00. The van der Waals surface area contributed by atoms with E-state index < -0.39 is 0 Å². The maximum Gasteiger partial charge on any atom is 0.274 e. The number of nitrogens with two attached hydrogens (primary N) is 1. The molecule has 0 bridgehead atoms. The van der Waals surface area contributed by atoms with Crippen molar-refractivity contribution in [1.29, 1.82) is 0 Å². The summed E-state index contributed by atoms with van der Waals surface area (Å²) < 4.78 is 6.82. The van der Waals surface area contributed by atoms with Gasteiger partial charge in [-0.1, -0.05) is 0 Å². The third-order valence-electron chi connectivity index (χ3n) is 3.08. The van der Waals surface area contributed by atoms with Crippen molar-refractivity contribution in [2.75, 3.05) is 18.9 Å². The van der Waals surface area contributed by atoms with Crippen molar-refractivity contribution in [3.05, 3.63) is 11.9 Å². The van der Waals surface area contributed by atoms with Crippen LogP contribution < -0.4 is 11.1 Å². The van der Waals surface area contributed by atoms with E-state index in [1.807, 2.05) is 6.92 Å². The minimum Gasteiger partial charge on any atom is -0.396 e. The lowest BCUT2D eigenvalue weighted by Gasteiger charge is -2.34. The highest BCUT2D eigenvalue weighted by atomic mass is 16.5. The van der Waals surface area contributed by atoms with Crippen LogP contribution >= 0.6 is 0 Å². The average Bonchev–Trinajstić information content (AvgIpc) is 2.58. The largest absolute Gasteiger partial charge is 0.396 e. The molecule has 0 spiro atoms. The molecule has 2 heterocycles. The zero-order chi connectivity index (χ0) is 12.5. The molecule has 6 nitrogen and oxygen atoms in total. The summed E-state index contributed by atoms with van der Waals surface area (Å²) in [7, 11) is 1.74. The van der Waals surface area contributed by atoms with E-state index in [0.717, 1.165) is 12.8 Å². The van der Waals surface area contributed by atoms with E-state index in [2.05, 4.69) is 10.4 Å². The number of amides is 1. The van der Waals surface area contributed by atoms with Crippen LogP contribution in [-0.4, -0.2) is 34.4 Å². The van der Waals surface area contributed by atoms with Gasteiger partial charge in [0, 0.05) is 32.0 Å². The Labute approximate surface area is 100 Å². The lowest BCUT2D eigenvalue weighted by Crippen LogP contribution is -2.49. The Morgan fingerprint density at radius 3 is 2.76 bits per heavy atom. The number of rotatable bonds is 2. The highest BCUT2D eigenvalue weighted by Gasteiger charge is 2.30. The molecule has 1 aromatic rings. The molecule has 1 fully saturated rings. The van der Waals surface area contributed by atoms with Gasteiger partial charge in [-0.3, -0.25) is 9.48 Å². The Morgan fingerprint density at radius 2 is 2.24 bits per heavy atom. The maximum absolute atomic E-state index is 12.0. The first-order valence-corrected chi connectivity index (χ1v) is 5.69. The van der Waals surface area contributed by atoms with Crippen molar-refractivity contribution in [3.63, 3.8) is 0 Å². The second-order valence-electron chi connectivity index (χ2n) is 4.73. The van der Waals surface area contributed by atoms with Crippen LogP contribution in [0.2, 0.25) is 0 Å². The Morgan fingerprint density at radius 1 is 1.59 bits per heavy atom. The highest BCUT2D eigenvalue weighted by Crippen LogP contribution is 2.20. The van der Waals surface area contributed by atoms with E-state index >= 15 is 0 Å². The Kier molecular flexibility index (Phi) is 3.06. The zero-order valence-corrected chi connectivity index (χ0v) is 10.2. The molecule has 0 radical (unpaired) electrons. The van der Waals surface area contributed by atoms with Crippen LogP contribution in [0.3, 0.4) is 0 Å². The molecule has 2 rings (SSSR count). The van der Waals surface area contributed by atoms with E-state index in [9.17, 15) is 4.79 Å². The van der Waals surface area contributed by atoms with Crippen LogP contribution in [0.15, 0.2) is 6.20 Å². The van der Waals surface area contributed by atoms with Gasteiger partial charge < -0.3 is 15.8 Å². The normalized spacial score (nSPS) is 18.9. The number of nitrogen functional groups attached to an aromatic ring is 1. The smallest absolute Gasteiger partial charge is 0.274 e. The standard InChI is InChI=1S/C11H18N4O2/c1-11(3-5-17-6-4-11)13-10(16)9-8(12)7-15(2)14-9/h7H,3-6,12H2,1-2H3,(H,13,16). The van der Waals surface area contributed by atoms with E-state index in [1.165, 1.54) is 4.68 Å². The van der Waals surface area contributed by atoms with Crippen LogP contribution in [0.1, 0.15) is 30.3 Å².